The Morgan fingerprint density at radius 3 is 2.74 bits per heavy atom. The Bertz CT molecular complexity index is 549. The third kappa shape index (κ3) is 5.08. The highest BCUT2D eigenvalue weighted by atomic mass is 16.5. The molecule has 1 aromatic carbocycles. The fraction of sp³-hybridized carbons (Fsp3) is 0.500. The van der Waals surface area contributed by atoms with E-state index in [1.807, 2.05) is 24.3 Å². The van der Waals surface area contributed by atoms with E-state index in [0.717, 1.165) is 37.6 Å². The van der Waals surface area contributed by atoms with Crippen LogP contribution in [0.4, 0.5) is 0 Å². The Labute approximate surface area is 138 Å². The van der Waals surface area contributed by atoms with Gasteiger partial charge in [-0.15, -0.1) is 0 Å². The summed E-state index contributed by atoms with van der Waals surface area (Å²) in [6, 6.07) is 7.61. The zero-order valence-corrected chi connectivity index (χ0v) is 14.2. The third-order valence-corrected chi connectivity index (χ3v) is 4.12. The number of methoxy groups -OCH3 is 1. The van der Waals surface area contributed by atoms with Crippen molar-refractivity contribution in [3.05, 3.63) is 35.9 Å². The summed E-state index contributed by atoms with van der Waals surface area (Å²) in [4.78, 5) is 14.4. The first kappa shape index (κ1) is 17.5. The molecule has 0 aromatic heterocycles. The van der Waals surface area contributed by atoms with Crippen molar-refractivity contribution in [3.63, 3.8) is 0 Å². The summed E-state index contributed by atoms with van der Waals surface area (Å²) < 4.78 is 10.6. The molecule has 1 fully saturated rings. The first-order valence-corrected chi connectivity index (χ1v) is 7.95. The first-order chi connectivity index (χ1) is 11.0. The van der Waals surface area contributed by atoms with E-state index in [4.69, 9.17) is 9.47 Å². The van der Waals surface area contributed by atoms with Gasteiger partial charge in [0.05, 0.1) is 20.3 Å². The van der Waals surface area contributed by atoms with E-state index < -0.39 is 0 Å². The minimum absolute atomic E-state index is 0.0856. The van der Waals surface area contributed by atoms with Crippen molar-refractivity contribution >= 4 is 12.0 Å². The lowest BCUT2D eigenvalue weighted by Gasteiger charge is -2.40. The van der Waals surface area contributed by atoms with Gasteiger partial charge in [-0.25, -0.2) is 0 Å². The highest BCUT2D eigenvalue weighted by molar-refractivity contribution is 5.92. The van der Waals surface area contributed by atoms with Gasteiger partial charge in [-0.3, -0.25) is 9.69 Å². The summed E-state index contributed by atoms with van der Waals surface area (Å²) in [6.07, 6.45) is 3.32. The average Bonchev–Trinajstić information content (AvgIpc) is 2.59. The lowest BCUT2D eigenvalue weighted by atomic mass is 10.0. The van der Waals surface area contributed by atoms with Crippen molar-refractivity contribution in [2.45, 2.75) is 19.4 Å². The average molecular weight is 318 g/mol. The van der Waals surface area contributed by atoms with Gasteiger partial charge in [0.15, 0.2) is 0 Å². The van der Waals surface area contributed by atoms with Gasteiger partial charge in [-0.05, 0) is 26.0 Å². The number of carbonyl (C=O) groups is 1. The van der Waals surface area contributed by atoms with Gasteiger partial charge in [0.2, 0.25) is 5.91 Å². The molecule has 1 saturated heterocycles. The normalized spacial score (nSPS) is 16.5. The lowest BCUT2D eigenvalue weighted by molar-refractivity contribution is -0.117. The number of nitrogens with one attached hydrogen (secondary N) is 1. The maximum absolute atomic E-state index is 12.1. The lowest BCUT2D eigenvalue weighted by Crippen LogP contribution is -2.55. The molecule has 1 aromatic rings. The molecule has 1 aliphatic heterocycles. The summed E-state index contributed by atoms with van der Waals surface area (Å²) in [5.74, 6) is 0.655. The number of amides is 1. The fourth-order valence-electron chi connectivity index (χ4n) is 2.61. The Balaban J connectivity index is 1.88. The van der Waals surface area contributed by atoms with Crippen LogP contribution in [0.3, 0.4) is 0 Å². The van der Waals surface area contributed by atoms with Gasteiger partial charge < -0.3 is 14.8 Å². The molecular formula is C18H26N2O3. The predicted molar refractivity (Wildman–Crippen MR) is 91.5 cm³/mol. The number of hydrogen-bond donors (Lipinski definition) is 1. The Morgan fingerprint density at radius 1 is 1.35 bits per heavy atom. The van der Waals surface area contributed by atoms with Gasteiger partial charge in [0, 0.05) is 36.8 Å². The van der Waals surface area contributed by atoms with E-state index >= 15 is 0 Å². The predicted octanol–water partition coefficient (Wildman–Crippen LogP) is 1.94. The van der Waals surface area contributed by atoms with Crippen LogP contribution in [0.5, 0.6) is 5.75 Å². The van der Waals surface area contributed by atoms with Crippen molar-refractivity contribution in [2.75, 3.05) is 40.0 Å². The molecule has 5 heteroatoms. The van der Waals surface area contributed by atoms with Crippen LogP contribution in [0.2, 0.25) is 0 Å². The molecule has 0 bridgehead atoms. The second-order valence-electron chi connectivity index (χ2n) is 6.20. The standard InChI is InChI=1S/C18H26N2O3/c1-18(2,20-10-12-23-13-11-20)14-19-17(21)9-8-15-6-4-5-7-16(15)22-3/h4-9H,10-14H2,1-3H3,(H,19,21)/b9-8+. The van der Waals surface area contributed by atoms with E-state index in [-0.39, 0.29) is 11.4 Å². The van der Waals surface area contributed by atoms with Gasteiger partial charge in [-0.2, -0.15) is 0 Å². The van der Waals surface area contributed by atoms with Crippen molar-refractivity contribution < 1.29 is 14.3 Å². The number of hydrogen-bond acceptors (Lipinski definition) is 4. The second kappa shape index (κ2) is 8.13. The summed E-state index contributed by atoms with van der Waals surface area (Å²) in [7, 11) is 1.62. The molecule has 2 rings (SSSR count). The molecule has 1 N–H and O–H groups in total. The number of morpholine rings is 1. The minimum Gasteiger partial charge on any atom is -0.496 e. The fourth-order valence-corrected chi connectivity index (χ4v) is 2.61. The summed E-state index contributed by atoms with van der Waals surface area (Å²) in [5, 5.41) is 2.98. The van der Waals surface area contributed by atoms with E-state index in [1.165, 1.54) is 0 Å². The number of rotatable bonds is 6. The Hall–Kier alpha value is -1.85. The number of para-hydroxylation sites is 1. The Kier molecular flexibility index (Phi) is 6.19. The molecule has 5 nitrogen and oxygen atoms in total. The van der Waals surface area contributed by atoms with Gasteiger partial charge in [0.25, 0.3) is 0 Å². The van der Waals surface area contributed by atoms with Gasteiger partial charge in [0.1, 0.15) is 5.75 Å². The zero-order chi connectivity index (χ0) is 16.7. The molecule has 0 spiro atoms. The molecule has 23 heavy (non-hydrogen) atoms. The molecule has 1 heterocycles. The van der Waals surface area contributed by atoms with Crippen molar-refractivity contribution in [3.8, 4) is 5.75 Å². The van der Waals surface area contributed by atoms with Gasteiger partial charge >= 0.3 is 0 Å². The first-order valence-electron chi connectivity index (χ1n) is 7.95. The smallest absolute Gasteiger partial charge is 0.244 e. The molecular weight excluding hydrogens is 292 g/mol. The molecule has 0 atom stereocenters. The van der Waals surface area contributed by atoms with Gasteiger partial charge in [-0.1, -0.05) is 18.2 Å². The highest BCUT2D eigenvalue weighted by Crippen LogP contribution is 2.18. The summed E-state index contributed by atoms with van der Waals surface area (Å²) in [6.45, 7) is 8.20. The number of nitrogens with zero attached hydrogens (tertiary/aromatic N) is 1. The van der Waals surface area contributed by atoms with Crippen LogP contribution in [0.15, 0.2) is 30.3 Å². The van der Waals surface area contributed by atoms with Crippen LogP contribution in [-0.2, 0) is 9.53 Å². The topological polar surface area (TPSA) is 50.8 Å². The molecule has 1 amide bonds. The second-order valence-corrected chi connectivity index (χ2v) is 6.20. The van der Waals surface area contributed by atoms with E-state index in [0.29, 0.717) is 6.54 Å². The quantitative estimate of drug-likeness (QED) is 0.815. The highest BCUT2D eigenvalue weighted by Gasteiger charge is 2.28. The third-order valence-electron chi connectivity index (χ3n) is 4.12. The SMILES string of the molecule is COc1ccccc1/C=C/C(=O)NCC(C)(C)N1CCOCC1. The maximum Gasteiger partial charge on any atom is 0.244 e. The number of ether oxygens (including phenoxy) is 2. The molecule has 1 aliphatic rings. The summed E-state index contributed by atoms with van der Waals surface area (Å²) >= 11 is 0. The molecule has 0 unspecified atom stereocenters. The van der Waals surface area contributed by atoms with Crippen LogP contribution in [0, 0.1) is 0 Å². The maximum atomic E-state index is 12.1. The van der Waals surface area contributed by atoms with Crippen LogP contribution in [-0.4, -0.2) is 56.3 Å². The van der Waals surface area contributed by atoms with Crippen LogP contribution in [0.1, 0.15) is 19.4 Å². The number of benzene rings is 1. The Morgan fingerprint density at radius 2 is 2.04 bits per heavy atom. The van der Waals surface area contributed by atoms with Crippen molar-refractivity contribution in [1.82, 2.24) is 10.2 Å². The summed E-state index contributed by atoms with van der Waals surface area (Å²) in [5.41, 5.74) is 0.801. The molecule has 0 radical (unpaired) electrons. The molecule has 0 saturated carbocycles. The van der Waals surface area contributed by atoms with Crippen molar-refractivity contribution in [1.29, 1.82) is 0 Å². The monoisotopic (exact) mass is 318 g/mol. The van der Waals surface area contributed by atoms with Crippen LogP contribution < -0.4 is 10.1 Å². The number of carbonyl (C=O) groups excluding carboxylic acids is 1. The van der Waals surface area contributed by atoms with E-state index in [2.05, 4.69) is 24.1 Å². The van der Waals surface area contributed by atoms with Crippen molar-refractivity contribution in [2.24, 2.45) is 0 Å². The zero-order valence-electron chi connectivity index (χ0n) is 14.2. The largest absolute Gasteiger partial charge is 0.496 e. The van der Waals surface area contributed by atoms with Crippen LogP contribution in [0.25, 0.3) is 6.08 Å². The van der Waals surface area contributed by atoms with E-state index in [9.17, 15) is 4.79 Å². The van der Waals surface area contributed by atoms with Crippen LogP contribution >= 0.6 is 0 Å². The minimum atomic E-state index is -0.0998. The van der Waals surface area contributed by atoms with E-state index in [1.54, 1.807) is 19.3 Å². The molecule has 0 aliphatic carbocycles. The molecule has 126 valence electrons.